The minimum atomic E-state index is -0.866. The number of nitrogens with one attached hydrogen (secondary N) is 1. The van der Waals surface area contributed by atoms with Gasteiger partial charge in [-0.2, -0.15) is 5.26 Å². The van der Waals surface area contributed by atoms with Crippen LogP contribution in [0.4, 0.5) is 0 Å². The number of nitriles is 1. The van der Waals surface area contributed by atoms with Gasteiger partial charge in [0.2, 0.25) is 0 Å². The molecule has 1 N–H and O–H groups in total. The number of amides is 1. The Kier molecular flexibility index (Phi) is 7.76. The van der Waals surface area contributed by atoms with Gasteiger partial charge in [-0.25, -0.2) is 9.59 Å². The van der Waals surface area contributed by atoms with Crippen molar-refractivity contribution in [3.05, 3.63) is 112 Å². The van der Waals surface area contributed by atoms with E-state index in [4.69, 9.17) is 13.9 Å². The van der Waals surface area contributed by atoms with Crippen LogP contribution in [0.2, 0.25) is 0 Å². The number of nitrogens with zero attached hydrogens (tertiary/aromatic N) is 1. The third-order valence-electron chi connectivity index (χ3n) is 5.30. The number of carbonyl (C=O) groups is 2. The van der Waals surface area contributed by atoms with Crippen LogP contribution in [0, 0.1) is 11.3 Å². The van der Waals surface area contributed by atoms with E-state index in [2.05, 4.69) is 5.32 Å². The van der Waals surface area contributed by atoms with Crippen molar-refractivity contribution in [1.82, 2.24) is 5.32 Å². The first-order valence-electron chi connectivity index (χ1n) is 11.4. The van der Waals surface area contributed by atoms with Gasteiger partial charge in [-0.3, -0.25) is 4.79 Å². The largest absolute Gasteiger partial charge is 0.494 e. The number of carbonyl (C=O) groups excluding carboxylic acids is 2. The third-order valence-corrected chi connectivity index (χ3v) is 5.30. The number of hydrogen-bond donors (Lipinski definition) is 1. The number of fused-ring (bicyclic) bond motifs is 1. The second-order valence-corrected chi connectivity index (χ2v) is 7.88. The summed E-state index contributed by atoms with van der Waals surface area (Å²) in [5, 5.41) is 12.6. The highest BCUT2D eigenvalue weighted by molar-refractivity contribution is 6.00. The second kappa shape index (κ2) is 11.5. The van der Waals surface area contributed by atoms with Crippen molar-refractivity contribution in [2.45, 2.75) is 13.5 Å². The molecule has 0 unspecified atom stereocenters. The minimum Gasteiger partial charge on any atom is -0.494 e. The Bertz CT molecular complexity index is 1560. The molecule has 1 heterocycles. The van der Waals surface area contributed by atoms with Crippen LogP contribution in [-0.2, 0) is 11.3 Å². The minimum absolute atomic E-state index is 0.0785. The van der Waals surface area contributed by atoms with Gasteiger partial charge in [0.15, 0.2) is 0 Å². The summed E-state index contributed by atoms with van der Waals surface area (Å²) in [6.45, 7) is 2.66. The molecule has 1 amide bonds. The normalized spacial score (nSPS) is 11.0. The van der Waals surface area contributed by atoms with E-state index in [0.29, 0.717) is 23.3 Å². The van der Waals surface area contributed by atoms with Gasteiger partial charge in [-0.15, -0.1) is 0 Å². The lowest BCUT2D eigenvalue weighted by molar-refractivity contribution is -0.129. The van der Waals surface area contributed by atoms with E-state index in [1.165, 1.54) is 24.3 Å². The Morgan fingerprint density at radius 1 is 1.00 bits per heavy atom. The average Bonchev–Trinajstić information content (AvgIpc) is 2.91. The van der Waals surface area contributed by atoms with E-state index in [9.17, 15) is 19.6 Å². The lowest BCUT2D eigenvalue weighted by Crippen LogP contribution is -2.27. The Morgan fingerprint density at radius 3 is 2.43 bits per heavy atom. The predicted molar refractivity (Wildman–Crippen MR) is 137 cm³/mol. The molecule has 0 aliphatic carbocycles. The highest BCUT2D eigenvalue weighted by atomic mass is 16.5. The summed E-state index contributed by atoms with van der Waals surface area (Å²) in [4.78, 5) is 37.5. The van der Waals surface area contributed by atoms with Crippen molar-refractivity contribution in [1.29, 1.82) is 5.26 Å². The van der Waals surface area contributed by atoms with E-state index in [-0.39, 0.29) is 29.0 Å². The summed E-state index contributed by atoms with van der Waals surface area (Å²) in [6.07, 6.45) is 1.40. The van der Waals surface area contributed by atoms with Gasteiger partial charge >= 0.3 is 11.6 Å². The Hall–Kier alpha value is -5.16. The second-order valence-electron chi connectivity index (χ2n) is 7.88. The maximum atomic E-state index is 12.6. The first-order valence-corrected chi connectivity index (χ1v) is 11.4. The van der Waals surface area contributed by atoms with E-state index in [1.54, 1.807) is 30.3 Å². The van der Waals surface area contributed by atoms with Crippen molar-refractivity contribution < 1.29 is 23.5 Å². The lowest BCUT2D eigenvalue weighted by Gasteiger charge is -2.07. The fourth-order valence-corrected chi connectivity index (χ4v) is 3.48. The molecule has 0 bridgehead atoms. The average molecular weight is 495 g/mol. The summed E-state index contributed by atoms with van der Waals surface area (Å²) in [5.74, 6) is -0.673. The molecule has 3 aromatic carbocycles. The van der Waals surface area contributed by atoms with Crippen LogP contribution in [0.3, 0.4) is 0 Å². The summed E-state index contributed by atoms with van der Waals surface area (Å²) in [7, 11) is 0. The van der Waals surface area contributed by atoms with E-state index >= 15 is 0 Å². The van der Waals surface area contributed by atoms with Gasteiger partial charge in [-0.1, -0.05) is 42.5 Å². The summed E-state index contributed by atoms with van der Waals surface area (Å²) >= 11 is 0. The molecule has 0 aliphatic rings. The first kappa shape index (κ1) is 24.9. The van der Waals surface area contributed by atoms with Crippen molar-refractivity contribution >= 4 is 28.9 Å². The zero-order valence-corrected chi connectivity index (χ0v) is 19.9. The maximum absolute atomic E-state index is 12.6. The van der Waals surface area contributed by atoms with E-state index in [0.717, 1.165) is 5.56 Å². The summed E-state index contributed by atoms with van der Waals surface area (Å²) in [5.41, 5.74) is 0.466. The first-order chi connectivity index (χ1) is 18.0. The van der Waals surface area contributed by atoms with Crippen LogP contribution >= 0.6 is 0 Å². The number of benzene rings is 3. The molecule has 1 aromatic heterocycles. The van der Waals surface area contributed by atoms with Crippen molar-refractivity contribution in [2.75, 3.05) is 6.61 Å². The number of esters is 1. The molecular weight excluding hydrogens is 472 g/mol. The number of rotatable bonds is 8. The molecule has 0 aliphatic heterocycles. The monoisotopic (exact) mass is 494 g/mol. The fraction of sp³-hybridized carbons (Fsp3) is 0.103. The molecule has 8 heteroatoms. The molecule has 0 atom stereocenters. The molecule has 0 fully saturated rings. The van der Waals surface area contributed by atoms with Crippen LogP contribution in [0.25, 0.3) is 17.0 Å². The quantitative estimate of drug-likeness (QED) is 0.125. The van der Waals surface area contributed by atoms with Crippen LogP contribution in [0.1, 0.15) is 28.4 Å². The highest BCUT2D eigenvalue weighted by Gasteiger charge is 2.16. The molecular formula is C29H22N2O6. The molecule has 0 spiro atoms. The Morgan fingerprint density at radius 2 is 1.73 bits per heavy atom. The van der Waals surface area contributed by atoms with Crippen molar-refractivity contribution in [3.8, 4) is 17.6 Å². The third kappa shape index (κ3) is 6.29. The standard InChI is InChI=1S/C29H22N2O6/c1-2-35-23-11-8-19(9-12-23)14-22(17-30)28(33)36-24-13-10-21-15-25(29(34)37-26(21)16-24)27(32)31-18-20-6-4-3-5-7-20/h3-16H,2,18H2,1H3,(H,31,32)/b22-14+. The molecule has 0 saturated heterocycles. The van der Waals surface area contributed by atoms with Gasteiger partial charge in [0.25, 0.3) is 5.91 Å². The highest BCUT2D eigenvalue weighted by Crippen LogP contribution is 2.22. The Balaban J connectivity index is 1.48. The zero-order chi connectivity index (χ0) is 26.2. The molecule has 0 saturated carbocycles. The smallest absolute Gasteiger partial charge is 0.354 e. The fourth-order valence-electron chi connectivity index (χ4n) is 3.48. The summed E-state index contributed by atoms with van der Waals surface area (Å²) < 4.78 is 16.0. The number of ether oxygens (including phenoxy) is 2. The Labute approximate surface area is 212 Å². The molecule has 184 valence electrons. The van der Waals surface area contributed by atoms with E-state index in [1.807, 2.05) is 43.3 Å². The van der Waals surface area contributed by atoms with Gasteiger partial charge in [0.05, 0.1) is 6.61 Å². The zero-order valence-electron chi connectivity index (χ0n) is 19.9. The van der Waals surface area contributed by atoms with Crippen molar-refractivity contribution in [2.24, 2.45) is 0 Å². The molecule has 4 rings (SSSR count). The van der Waals surface area contributed by atoms with Gasteiger partial charge in [-0.05, 0) is 54.5 Å². The van der Waals surface area contributed by atoms with Crippen molar-refractivity contribution in [3.63, 3.8) is 0 Å². The summed E-state index contributed by atoms with van der Waals surface area (Å²) in [6, 6.07) is 23.8. The predicted octanol–water partition coefficient (Wildman–Crippen LogP) is 4.63. The molecule has 8 nitrogen and oxygen atoms in total. The topological polar surface area (TPSA) is 119 Å². The molecule has 4 aromatic rings. The SMILES string of the molecule is CCOc1ccc(/C=C(\C#N)C(=O)Oc2ccc3cc(C(=O)NCc4ccccc4)c(=O)oc3c2)cc1. The lowest BCUT2D eigenvalue weighted by atomic mass is 10.1. The van der Waals surface area contributed by atoms with Gasteiger partial charge in [0, 0.05) is 18.0 Å². The number of hydrogen-bond acceptors (Lipinski definition) is 7. The molecule has 0 radical (unpaired) electrons. The maximum Gasteiger partial charge on any atom is 0.354 e. The van der Waals surface area contributed by atoms with Crippen LogP contribution < -0.4 is 20.4 Å². The van der Waals surface area contributed by atoms with Crippen LogP contribution in [0.5, 0.6) is 11.5 Å². The van der Waals surface area contributed by atoms with Crippen LogP contribution in [0.15, 0.2) is 93.6 Å². The van der Waals surface area contributed by atoms with Crippen LogP contribution in [-0.4, -0.2) is 18.5 Å². The van der Waals surface area contributed by atoms with E-state index < -0.39 is 17.5 Å². The van der Waals surface area contributed by atoms with Gasteiger partial charge in [0.1, 0.15) is 34.3 Å². The van der Waals surface area contributed by atoms with Gasteiger partial charge < -0.3 is 19.2 Å². The molecule has 37 heavy (non-hydrogen) atoms.